The van der Waals surface area contributed by atoms with Crippen LogP contribution < -0.4 is 5.43 Å². The van der Waals surface area contributed by atoms with Crippen LogP contribution in [-0.4, -0.2) is 12.3 Å². The van der Waals surface area contributed by atoms with Gasteiger partial charge in [0.25, 0.3) is 0 Å². The molecule has 1 aliphatic carbocycles. The highest BCUT2D eigenvalue weighted by Crippen LogP contribution is 2.19. The van der Waals surface area contributed by atoms with E-state index in [9.17, 15) is 0 Å². The molecule has 0 spiro atoms. The topological polar surface area (TPSA) is 24.4 Å². The van der Waals surface area contributed by atoms with Crippen LogP contribution in [0.1, 0.15) is 19.3 Å². The maximum Gasteiger partial charge on any atom is 0.0450 e. The maximum atomic E-state index is 4.27. The van der Waals surface area contributed by atoms with Gasteiger partial charge in [0, 0.05) is 18.2 Å². The third-order valence-corrected chi connectivity index (χ3v) is 2.15. The molecule has 0 aromatic rings. The lowest BCUT2D eigenvalue weighted by atomic mass is 9.90. The second-order valence-corrected chi connectivity index (χ2v) is 2.87. The maximum absolute atomic E-state index is 4.27. The SMILES string of the molecule is C1=CC2CCNN=C2CC1. The van der Waals surface area contributed by atoms with Crippen LogP contribution in [0.15, 0.2) is 17.3 Å². The van der Waals surface area contributed by atoms with Crippen LogP contribution in [0.2, 0.25) is 0 Å². The Morgan fingerprint density at radius 2 is 2.60 bits per heavy atom. The number of nitrogens with one attached hydrogen (secondary N) is 1. The Balaban J connectivity index is 2.20. The molecule has 2 rings (SSSR count). The summed E-state index contributed by atoms with van der Waals surface area (Å²) in [5, 5.41) is 4.27. The van der Waals surface area contributed by atoms with Crippen molar-refractivity contribution in [2.45, 2.75) is 19.3 Å². The highest BCUT2D eigenvalue weighted by Gasteiger charge is 2.18. The van der Waals surface area contributed by atoms with Gasteiger partial charge >= 0.3 is 0 Å². The molecule has 1 aliphatic heterocycles. The van der Waals surface area contributed by atoms with Crippen molar-refractivity contribution in [3.63, 3.8) is 0 Å². The van der Waals surface area contributed by atoms with Crippen molar-refractivity contribution < 1.29 is 0 Å². The van der Waals surface area contributed by atoms with Crippen molar-refractivity contribution in [3.8, 4) is 0 Å². The number of fused-ring (bicyclic) bond motifs is 1. The molecule has 0 aromatic heterocycles. The predicted molar refractivity (Wildman–Crippen MR) is 41.9 cm³/mol. The fourth-order valence-electron chi connectivity index (χ4n) is 1.57. The molecule has 54 valence electrons. The van der Waals surface area contributed by atoms with Gasteiger partial charge in [-0.3, -0.25) is 0 Å². The monoisotopic (exact) mass is 136 g/mol. The van der Waals surface area contributed by atoms with Crippen molar-refractivity contribution in [2.24, 2.45) is 11.0 Å². The minimum atomic E-state index is 0.662. The van der Waals surface area contributed by atoms with E-state index in [1.165, 1.54) is 18.6 Å². The van der Waals surface area contributed by atoms with E-state index in [0.717, 1.165) is 13.0 Å². The number of hydrazone groups is 1. The van der Waals surface area contributed by atoms with Crippen LogP contribution >= 0.6 is 0 Å². The fourth-order valence-corrected chi connectivity index (χ4v) is 1.57. The van der Waals surface area contributed by atoms with E-state index in [2.05, 4.69) is 22.7 Å². The summed E-state index contributed by atoms with van der Waals surface area (Å²) in [6.07, 6.45) is 8.14. The number of hydrogen-bond donors (Lipinski definition) is 1. The molecule has 10 heavy (non-hydrogen) atoms. The summed E-state index contributed by atoms with van der Waals surface area (Å²) in [4.78, 5) is 0. The first kappa shape index (κ1) is 5.96. The van der Waals surface area contributed by atoms with Gasteiger partial charge < -0.3 is 5.43 Å². The van der Waals surface area contributed by atoms with Gasteiger partial charge in [0.1, 0.15) is 0 Å². The molecule has 0 radical (unpaired) electrons. The van der Waals surface area contributed by atoms with Gasteiger partial charge in [-0.1, -0.05) is 12.2 Å². The van der Waals surface area contributed by atoms with E-state index in [1.807, 2.05) is 0 Å². The third-order valence-electron chi connectivity index (χ3n) is 2.15. The van der Waals surface area contributed by atoms with Crippen LogP contribution in [0.4, 0.5) is 0 Å². The molecule has 1 atom stereocenters. The highest BCUT2D eigenvalue weighted by atomic mass is 15.3. The lowest BCUT2D eigenvalue weighted by molar-refractivity contribution is 0.584. The Labute approximate surface area is 61.0 Å². The van der Waals surface area contributed by atoms with Gasteiger partial charge in [-0.2, -0.15) is 5.10 Å². The lowest BCUT2D eigenvalue weighted by Gasteiger charge is -2.23. The van der Waals surface area contributed by atoms with Crippen molar-refractivity contribution in [1.82, 2.24) is 5.43 Å². The minimum Gasteiger partial charge on any atom is -0.310 e. The highest BCUT2D eigenvalue weighted by molar-refractivity contribution is 5.89. The molecule has 0 amide bonds. The Hall–Kier alpha value is -0.790. The summed E-state index contributed by atoms with van der Waals surface area (Å²) in [5.74, 6) is 0.662. The third kappa shape index (κ3) is 0.939. The molecule has 0 saturated carbocycles. The molecule has 2 nitrogen and oxygen atoms in total. The summed E-state index contributed by atoms with van der Waals surface area (Å²) >= 11 is 0. The average Bonchev–Trinajstić information content (AvgIpc) is 2.05. The van der Waals surface area contributed by atoms with Crippen LogP contribution in [0, 0.1) is 5.92 Å². The lowest BCUT2D eigenvalue weighted by Crippen LogP contribution is -2.28. The van der Waals surface area contributed by atoms with E-state index < -0.39 is 0 Å². The first-order valence-electron chi connectivity index (χ1n) is 3.93. The molecule has 2 heteroatoms. The van der Waals surface area contributed by atoms with E-state index >= 15 is 0 Å². The standard InChI is InChI=1S/C8H12N2/c1-2-4-8-7(3-1)5-6-9-10-8/h1,3,7,9H,2,4-6H2. The van der Waals surface area contributed by atoms with Crippen LogP contribution in [0.25, 0.3) is 0 Å². The zero-order chi connectivity index (χ0) is 6.81. The van der Waals surface area contributed by atoms with Crippen molar-refractivity contribution in [3.05, 3.63) is 12.2 Å². The second kappa shape index (κ2) is 2.45. The quantitative estimate of drug-likeness (QED) is 0.499. The predicted octanol–water partition coefficient (Wildman–Crippen LogP) is 1.30. The van der Waals surface area contributed by atoms with Gasteiger partial charge in [0.2, 0.25) is 0 Å². The molecule has 2 aliphatic rings. The fraction of sp³-hybridized carbons (Fsp3) is 0.625. The van der Waals surface area contributed by atoms with E-state index in [1.54, 1.807) is 0 Å². The van der Waals surface area contributed by atoms with Crippen molar-refractivity contribution in [2.75, 3.05) is 6.54 Å². The smallest absolute Gasteiger partial charge is 0.0450 e. The zero-order valence-electron chi connectivity index (χ0n) is 6.01. The molecular weight excluding hydrogens is 124 g/mol. The van der Waals surface area contributed by atoms with Gasteiger partial charge in [0.15, 0.2) is 0 Å². The number of nitrogens with zero attached hydrogens (tertiary/aromatic N) is 1. The summed E-state index contributed by atoms with van der Waals surface area (Å²) < 4.78 is 0. The molecular formula is C8H12N2. The average molecular weight is 136 g/mol. The molecule has 0 fully saturated rings. The van der Waals surface area contributed by atoms with Crippen molar-refractivity contribution in [1.29, 1.82) is 0 Å². The Morgan fingerprint density at radius 3 is 3.50 bits per heavy atom. The Kier molecular flexibility index (Phi) is 1.46. The van der Waals surface area contributed by atoms with Crippen LogP contribution in [0.3, 0.4) is 0 Å². The second-order valence-electron chi connectivity index (χ2n) is 2.87. The molecule has 0 bridgehead atoms. The number of hydrogen-bond acceptors (Lipinski definition) is 2. The largest absolute Gasteiger partial charge is 0.310 e. The zero-order valence-corrected chi connectivity index (χ0v) is 6.01. The van der Waals surface area contributed by atoms with E-state index in [0.29, 0.717) is 5.92 Å². The van der Waals surface area contributed by atoms with Gasteiger partial charge in [0.05, 0.1) is 0 Å². The number of rotatable bonds is 0. The van der Waals surface area contributed by atoms with Crippen LogP contribution in [0.5, 0.6) is 0 Å². The molecule has 1 unspecified atom stereocenters. The minimum absolute atomic E-state index is 0.662. The summed E-state index contributed by atoms with van der Waals surface area (Å²) in [6, 6.07) is 0. The van der Waals surface area contributed by atoms with Gasteiger partial charge in [-0.25, -0.2) is 0 Å². The first-order valence-corrected chi connectivity index (χ1v) is 3.93. The van der Waals surface area contributed by atoms with Gasteiger partial charge in [-0.05, 0) is 19.3 Å². The molecule has 0 aromatic carbocycles. The summed E-state index contributed by atoms with van der Waals surface area (Å²) in [6.45, 7) is 1.04. The van der Waals surface area contributed by atoms with Crippen molar-refractivity contribution >= 4 is 5.71 Å². The summed E-state index contributed by atoms with van der Waals surface area (Å²) in [5.41, 5.74) is 4.39. The molecule has 0 saturated heterocycles. The van der Waals surface area contributed by atoms with Gasteiger partial charge in [-0.15, -0.1) is 0 Å². The number of allylic oxidation sites excluding steroid dienone is 2. The Morgan fingerprint density at radius 1 is 1.60 bits per heavy atom. The summed E-state index contributed by atoms with van der Waals surface area (Å²) in [7, 11) is 0. The van der Waals surface area contributed by atoms with E-state index in [-0.39, 0.29) is 0 Å². The van der Waals surface area contributed by atoms with E-state index in [4.69, 9.17) is 0 Å². The normalized spacial score (nSPS) is 30.4. The molecule has 1 heterocycles. The van der Waals surface area contributed by atoms with Crippen LogP contribution in [-0.2, 0) is 0 Å². The molecule has 1 N–H and O–H groups in total. The Bertz CT molecular complexity index is 182. The first-order chi connectivity index (χ1) is 4.97.